The molecule has 1 amide bonds. The van der Waals surface area contributed by atoms with Crippen molar-refractivity contribution in [1.82, 2.24) is 4.90 Å². The summed E-state index contributed by atoms with van der Waals surface area (Å²) in [5.74, 6) is -0.983. The van der Waals surface area contributed by atoms with Crippen molar-refractivity contribution < 1.29 is 13.6 Å². The first-order valence-corrected chi connectivity index (χ1v) is 6.56. The van der Waals surface area contributed by atoms with Gasteiger partial charge in [0.2, 0.25) is 0 Å². The summed E-state index contributed by atoms with van der Waals surface area (Å²) in [6, 6.07) is 3.10. The molecular weight excluding hydrogens is 250 g/mol. The number of likely N-dealkylation sites (tertiary alicyclic amines) is 1. The van der Waals surface area contributed by atoms with Crippen LogP contribution >= 0.6 is 0 Å². The molecule has 3 nitrogen and oxygen atoms in total. The van der Waals surface area contributed by atoms with E-state index < -0.39 is 17.5 Å². The van der Waals surface area contributed by atoms with Gasteiger partial charge in [0.15, 0.2) is 0 Å². The minimum absolute atomic E-state index is 0.125. The van der Waals surface area contributed by atoms with E-state index in [-0.39, 0.29) is 11.6 Å². The second-order valence-corrected chi connectivity index (χ2v) is 5.50. The summed E-state index contributed by atoms with van der Waals surface area (Å²) in [5, 5.41) is 0. The number of hydrogen-bond acceptors (Lipinski definition) is 2. The summed E-state index contributed by atoms with van der Waals surface area (Å²) in [6.45, 7) is 1.16. The van der Waals surface area contributed by atoms with Crippen LogP contribution in [0.2, 0.25) is 0 Å². The number of amides is 1. The average molecular weight is 266 g/mol. The SMILES string of the molecule is NC1CCC2CN(C(=O)c3cc(F)ccc3F)CC12. The quantitative estimate of drug-likeness (QED) is 0.842. The third-order valence-corrected chi connectivity index (χ3v) is 4.36. The van der Waals surface area contributed by atoms with Crippen molar-refractivity contribution in [3.8, 4) is 0 Å². The molecular formula is C14H16F2N2O. The van der Waals surface area contributed by atoms with Crippen LogP contribution in [-0.2, 0) is 0 Å². The number of carbonyl (C=O) groups excluding carboxylic acids is 1. The molecule has 0 spiro atoms. The lowest BCUT2D eigenvalue weighted by atomic mass is 9.98. The summed E-state index contributed by atoms with van der Waals surface area (Å²) in [5.41, 5.74) is 5.82. The maximum atomic E-state index is 13.6. The minimum atomic E-state index is -0.673. The van der Waals surface area contributed by atoms with E-state index in [1.54, 1.807) is 4.90 Å². The standard InChI is InChI=1S/C14H16F2N2O/c15-9-2-3-12(16)10(5-9)14(19)18-6-8-1-4-13(17)11(8)7-18/h2-3,5,8,11,13H,1,4,6-7,17H2. The third kappa shape index (κ3) is 2.12. The van der Waals surface area contributed by atoms with Gasteiger partial charge in [-0.05, 0) is 42.9 Å². The van der Waals surface area contributed by atoms with Crippen LogP contribution < -0.4 is 5.73 Å². The summed E-state index contributed by atoms with van der Waals surface area (Å²) in [4.78, 5) is 13.8. The predicted molar refractivity (Wildman–Crippen MR) is 66.5 cm³/mol. The van der Waals surface area contributed by atoms with Gasteiger partial charge < -0.3 is 10.6 Å². The molecule has 5 heteroatoms. The molecule has 1 heterocycles. The highest BCUT2D eigenvalue weighted by molar-refractivity contribution is 5.94. The fourth-order valence-electron chi connectivity index (χ4n) is 3.31. The fraction of sp³-hybridized carbons (Fsp3) is 0.500. The van der Waals surface area contributed by atoms with E-state index in [1.807, 2.05) is 0 Å². The van der Waals surface area contributed by atoms with Crippen molar-refractivity contribution in [3.63, 3.8) is 0 Å². The molecule has 1 aliphatic heterocycles. The molecule has 1 aromatic rings. The molecule has 0 bridgehead atoms. The van der Waals surface area contributed by atoms with Crippen molar-refractivity contribution in [1.29, 1.82) is 0 Å². The van der Waals surface area contributed by atoms with E-state index in [2.05, 4.69) is 0 Å². The van der Waals surface area contributed by atoms with Gasteiger partial charge in [-0.1, -0.05) is 0 Å². The summed E-state index contributed by atoms with van der Waals surface area (Å²) in [7, 11) is 0. The monoisotopic (exact) mass is 266 g/mol. The number of fused-ring (bicyclic) bond motifs is 1. The van der Waals surface area contributed by atoms with E-state index in [0.717, 1.165) is 31.0 Å². The molecule has 102 valence electrons. The Morgan fingerprint density at radius 2 is 2.05 bits per heavy atom. The number of rotatable bonds is 1. The highest BCUT2D eigenvalue weighted by Gasteiger charge is 2.42. The van der Waals surface area contributed by atoms with Crippen LogP contribution in [0.15, 0.2) is 18.2 Å². The van der Waals surface area contributed by atoms with Gasteiger partial charge in [-0.3, -0.25) is 4.79 Å². The van der Waals surface area contributed by atoms with E-state index in [1.165, 1.54) is 0 Å². The van der Waals surface area contributed by atoms with Gasteiger partial charge in [0.05, 0.1) is 5.56 Å². The molecule has 1 saturated carbocycles. The first-order chi connectivity index (χ1) is 9.06. The number of hydrogen-bond donors (Lipinski definition) is 1. The zero-order valence-corrected chi connectivity index (χ0v) is 10.5. The van der Waals surface area contributed by atoms with Crippen molar-refractivity contribution >= 4 is 5.91 Å². The molecule has 2 fully saturated rings. The molecule has 1 aromatic carbocycles. The molecule has 1 saturated heterocycles. The summed E-state index contributed by atoms with van der Waals surface area (Å²) in [6.07, 6.45) is 2.01. The van der Waals surface area contributed by atoms with Crippen LogP contribution in [0, 0.1) is 23.5 Å². The Morgan fingerprint density at radius 1 is 1.26 bits per heavy atom. The lowest BCUT2D eigenvalue weighted by Gasteiger charge is -2.19. The van der Waals surface area contributed by atoms with E-state index in [4.69, 9.17) is 5.73 Å². The molecule has 0 radical (unpaired) electrons. The molecule has 2 aliphatic rings. The van der Waals surface area contributed by atoms with E-state index in [0.29, 0.717) is 24.9 Å². The maximum Gasteiger partial charge on any atom is 0.256 e. The highest BCUT2D eigenvalue weighted by atomic mass is 19.1. The van der Waals surface area contributed by atoms with Gasteiger partial charge in [0, 0.05) is 19.1 Å². The Hall–Kier alpha value is -1.49. The van der Waals surface area contributed by atoms with Crippen LogP contribution in [-0.4, -0.2) is 29.9 Å². The van der Waals surface area contributed by atoms with Gasteiger partial charge in [-0.25, -0.2) is 8.78 Å². The largest absolute Gasteiger partial charge is 0.338 e. The third-order valence-electron chi connectivity index (χ3n) is 4.36. The van der Waals surface area contributed by atoms with Crippen LogP contribution in [0.1, 0.15) is 23.2 Å². The van der Waals surface area contributed by atoms with E-state index >= 15 is 0 Å². The molecule has 3 rings (SSSR count). The number of benzene rings is 1. The lowest BCUT2D eigenvalue weighted by Crippen LogP contribution is -2.33. The Morgan fingerprint density at radius 3 is 2.79 bits per heavy atom. The lowest BCUT2D eigenvalue weighted by molar-refractivity contribution is 0.0774. The van der Waals surface area contributed by atoms with Crippen molar-refractivity contribution in [3.05, 3.63) is 35.4 Å². The van der Waals surface area contributed by atoms with Crippen LogP contribution in [0.25, 0.3) is 0 Å². The Balaban J connectivity index is 1.80. The predicted octanol–water partition coefficient (Wildman–Crippen LogP) is 1.77. The molecule has 2 N–H and O–H groups in total. The van der Waals surface area contributed by atoms with Gasteiger partial charge in [-0.2, -0.15) is 0 Å². The molecule has 1 aliphatic carbocycles. The second-order valence-electron chi connectivity index (χ2n) is 5.50. The second kappa shape index (κ2) is 4.56. The number of nitrogens with zero attached hydrogens (tertiary/aromatic N) is 1. The molecule has 3 atom stereocenters. The first kappa shape index (κ1) is 12.5. The van der Waals surface area contributed by atoms with Crippen molar-refractivity contribution in [2.45, 2.75) is 18.9 Å². The average Bonchev–Trinajstić information content (AvgIpc) is 2.94. The van der Waals surface area contributed by atoms with Crippen LogP contribution in [0.3, 0.4) is 0 Å². The Labute approximate surface area is 110 Å². The van der Waals surface area contributed by atoms with Crippen LogP contribution in [0.4, 0.5) is 8.78 Å². The van der Waals surface area contributed by atoms with Gasteiger partial charge in [0.25, 0.3) is 5.91 Å². The fourth-order valence-corrected chi connectivity index (χ4v) is 3.31. The molecule has 3 unspecified atom stereocenters. The van der Waals surface area contributed by atoms with Gasteiger partial charge in [0.1, 0.15) is 11.6 Å². The van der Waals surface area contributed by atoms with E-state index in [9.17, 15) is 13.6 Å². The summed E-state index contributed by atoms with van der Waals surface area (Å²) >= 11 is 0. The van der Waals surface area contributed by atoms with Gasteiger partial charge >= 0.3 is 0 Å². The smallest absolute Gasteiger partial charge is 0.256 e. The Kier molecular flexibility index (Phi) is 3.01. The number of carbonyl (C=O) groups is 1. The molecule has 0 aromatic heterocycles. The zero-order valence-electron chi connectivity index (χ0n) is 10.5. The zero-order chi connectivity index (χ0) is 13.6. The van der Waals surface area contributed by atoms with Gasteiger partial charge in [-0.15, -0.1) is 0 Å². The topological polar surface area (TPSA) is 46.3 Å². The minimum Gasteiger partial charge on any atom is -0.338 e. The number of halogens is 2. The Bertz CT molecular complexity index is 520. The normalized spacial score (nSPS) is 29.6. The summed E-state index contributed by atoms with van der Waals surface area (Å²) < 4.78 is 26.7. The first-order valence-electron chi connectivity index (χ1n) is 6.56. The number of nitrogens with two attached hydrogens (primary N) is 1. The maximum absolute atomic E-state index is 13.6. The highest BCUT2D eigenvalue weighted by Crippen LogP contribution is 2.37. The molecule has 19 heavy (non-hydrogen) atoms. The van der Waals surface area contributed by atoms with Crippen molar-refractivity contribution in [2.24, 2.45) is 17.6 Å². The van der Waals surface area contributed by atoms with Crippen molar-refractivity contribution in [2.75, 3.05) is 13.1 Å². The van der Waals surface area contributed by atoms with Crippen LogP contribution in [0.5, 0.6) is 0 Å².